The Morgan fingerprint density at radius 2 is 1.66 bits per heavy atom. The third-order valence-corrected chi connectivity index (χ3v) is 7.50. The Labute approximate surface area is 246 Å². The summed E-state index contributed by atoms with van der Waals surface area (Å²) in [7, 11) is 0. The van der Waals surface area contributed by atoms with Crippen LogP contribution in [0, 0.1) is 17.8 Å². The van der Waals surface area contributed by atoms with E-state index < -0.39 is 18.1 Å². The van der Waals surface area contributed by atoms with Gasteiger partial charge in [0.1, 0.15) is 0 Å². The van der Waals surface area contributed by atoms with E-state index in [-0.39, 0.29) is 17.7 Å². The fourth-order valence-electron chi connectivity index (χ4n) is 5.32. The molecule has 1 unspecified atom stereocenters. The number of hydrogen-bond donors (Lipinski definition) is 3. The van der Waals surface area contributed by atoms with Crippen LogP contribution in [0.1, 0.15) is 76.3 Å². The van der Waals surface area contributed by atoms with Gasteiger partial charge in [0.15, 0.2) is 6.29 Å². The molecule has 8 heteroatoms. The van der Waals surface area contributed by atoms with Gasteiger partial charge in [0.2, 0.25) is 11.8 Å². The number of nitrogens with one attached hydrogen (secondary N) is 2. The molecule has 1 aliphatic heterocycles. The molecule has 41 heavy (non-hydrogen) atoms. The normalized spacial score (nSPS) is 16.9. The molecule has 2 aromatic rings. The minimum atomic E-state index is -0.535. The summed E-state index contributed by atoms with van der Waals surface area (Å²) >= 11 is 0. The van der Waals surface area contributed by atoms with Gasteiger partial charge in [-0.05, 0) is 75.0 Å². The van der Waals surface area contributed by atoms with E-state index in [1.807, 2.05) is 41.4 Å². The largest absolute Gasteiger partial charge is 0.350 e. The van der Waals surface area contributed by atoms with Gasteiger partial charge in [0.25, 0.3) is 0 Å². The Balaban J connectivity index is 1.75. The van der Waals surface area contributed by atoms with E-state index in [1.165, 1.54) is 5.56 Å². The maximum absolute atomic E-state index is 14.0. The maximum Gasteiger partial charge on any atom is 0.247 e. The second-order valence-electron chi connectivity index (χ2n) is 11.5. The third-order valence-electron chi connectivity index (χ3n) is 7.50. The smallest absolute Gasteiger partial charge is 0.247 e. The molecule has 3 rings (SSSR count). The summed E-state index contributed by atoms with van der Waals surface area (Å²) in [6, 6.07) is 20.3. The number of unbranched alkanes of at least 4 members (excludes halogenated alkanes) is 1. The summed E-state index contributed by atoms with van der Waals surface area (Å²) < 4.78 is 5.64. The van der Waals surface area contributed by atoms with E-state index >= 15 is 0 Å². The fraction of sp³-hybridized carbons (Fsp3) is 0.576. The Morgan fingerprint density at radius 3 is 2.29 bits per heavy atom. The number of hydroxylamine groups is 1. The zero-order valence-corrected chi connectivity index (χ0v) is 24.9. The van der Waals surface area contributed by atoms with Gasteiger partial charge in [0, 0.05) is 26.1 Å². The Bertz CT molecular complexity index is 999. The summed E-state index contributed by atoms with van der Waals surface area (Å²) in [6.07, 6.45) is 6.84. The van der Waals surface area contributed by atoms with Crippen molar-refractivity contribution in [1.82, 2.24) is 15.9 Å². The minimum Gasteiger partial charge on any atom is -0.350 e. The highest BCUT2D eigenvalue weighted by Gasteiger charge is 2.35. The van der Waals surface area contributed by atoms with E-state index in [0.29, 0.717) is 39.1 Å². The number of nitrogens with two attached hydrogens (primary N) is 1. The Hall–Kier alpha value is -2.78. The molecule has 226 valence electrons. The van der Waals surface area contributed by atoms with Gasteiger partial charge < -0.3 is 10.5 Å². The van der Waals surface area contributed by atoms with Gasteiger partial charge in [-0.1, -0.05) is 74.5 Å². The molecule has 8 nitrogen and oxygen atoms in total. The van der Waals surface area contributed by atoms with Crippen molar-refractivity contribution in [1.29, 1.82) is 0 Å². The molecule has 3 atom stereocenters. The third kappa shape index (κ3) is 12.3. The lowest BCUT2D eigenvalue weighted by atomic mass is 9.81. The van der Waals surface area contributed by atoms with Crippen LogP contribution in [-0.4, -0.2) is 42.8 Å². The van der Waals surface area contributed by atoms with Crippen molar-refractivity contribution in [2.75, 3.05) is 19.7 Å². The maximum atomic E-state index is 14.0. The van der Waals surface area contributed by atoms with Crippen LogP contribution < -0.4 is 16.6 Å². The van der Waals surface area contributed by atoms with Crippen LogP contribution in [0.4, 0.5) is 0 Å². The summed E-state index contributed by atoms with van der Waals surface area (Å²) in [5.41, 5.74) is 13.9. The minimum absolute atomic E-state index is 0.129. The van der Waals surface area contributed by atoms with Crippen molar-refractivity contribution in [3.8, 4) is 0 Å². The molecule has 4 N–H and O–H groups in total. The van der Waals surface area contributed by atoms with Crippen LogP contribution in [-0.2, 0) is 32.1 Å². The van der Waals surface area contributed by atoms with Gasteiger partial charge >= 0.3 is 0 Å². The second-order valence-corrected chi connectivity index (χ2v) is 11.5. The predicted octanol–water partition coefficient (Wildman–Crippen LogP) is 5.13. The Morgan fingerprint density at radius 1 is 0.951 bits per heavy atom. The highest BCUT2D eigenvalue weighted by Crippen LogP contribution is 2.27. The van der Waals surface area contributed by atoms with Crippen molar-refractivity contribution in [2.24, 2.45) is 23.5 Å². The van der Waals surface area contributed by atoms with Crippen LogP contribution in [0.15, 0.2) is 60.7 Å². The topological polar surface area (TPSA) is 106 Å². The van der Waals surface area contributed by atoms with Gasteiger partial charge in [-0.25, -0.2) is 15.3 Å². The van der Waals surface area contributed by atoms with Crippen LogP contribution in [0.2, 0.25) is 0 Å². The first-order chi connectivity index (χ1) is 20.0. The molecular weight excluding hydrogens is 516 g/mol. The lowest BCUT2D eigenvalue weighted by Crippen LogP contribution is -2.49. The number of nitrogens with zero attached hydrogens (tertiary/aromatic N) is 1. The van der Waals surface area contributed by atoms with Crippen molar-refractivity contribution >= 4 is 11.8 Å². The number of aryl methyl sites for hydroxylation is 1. The number of carbonyl (C=O) groups is 2. The van der Waals surface area contributed by atoms with E-state index in [0.717, 1.165) is 50.5 Å². The molecule has 0 saturated carbocycles. The fourth-order valence-corrected chi connectivity index (χ4v) is 5.32. The molecule has 1 saturated heterocycles. The standard InChI is InChI=1S/C33H50N4O4/c1-26(2)24-30(32(38)35-37(22-11-10-21-34)25-28-16-7-4-8-17-28)29(19-13-18-27-14-5-3-6-15-27)33(39)36-41-31-20-9-12-23-40-31/h3-8,14-17,26,29-31H,9-13,18-25,34H2,1-2H3,(H,35,38)(H,36,39)/t29-,30?,31+/m1/s1. The molecule has 0 radical (unpaired) electrons. The van der Waals surface area contributed by atoms with Crippen LogP contribution in [0.5, 0.6) is 0 Å². The van der Waals surface area contributed by atoms with E-state index in [2.05, 4.69) is 49.0 Å². The molecule has 2 amide bonds. The number of rotatable bonds is 18. The van der Waals surface area contributed by atoms with Crippen LogP contribution in [0.25, 0.3) is 0 Å². The average molecular weight is 567 g/mol. The number of hydrazine groups is 1. The van der Waals surface area contributed by atoms with E-state index in [9.17, 15) is 9.59 Å². The first kappa shape index (κ1) is 32.7. The lowest BCUT2D eigenvalue weighted by Gasteiger charge is -2.31. The summed E-state index contributed by atoms with van der Waals surface area (Å²) in [6.45, 7) is 6.68. The number of amides is 2. The van der Waals surface area contributed by atoms with Crippen molar-refractivity contribution < 1.29 is 19.2 Å². The van der Waals surface area contributed by atoms with E-state index in [4.69, 9.17) is 15.3 Å². The van der Waals surface area contributed by atoms with Gasteiger partial charge in [0.05, 0.1) is 11.8 Å². The van der Waals surface area contributed by atoms with Crippen LogP contribution in [0.3, 0.4) is 0 Å². The van der Waals surface area contributed by atoms with Crippen molar-refractivity contribution in [3.63, 3.8) is 0 Å². The summed E-state index contributed by atoms with van der Waals surface area (Å²) in [4.78, 5) is 33.3. The van der Waals surface area contributed by atoms with Crippen molar-refractivity contribution in [2.45, 2.75) is 84.5 Å². The monoisotopic (exact) mass is 566 g/mol. The number of benzene rings is 2. The molecular formula is C33H50N4O4. The molecule has 1 fully saturated rings. The molecule has 2 aromatic carbocycles. The molecule has 0 aromatic heterocycles. The van der Waals surface area contributed by atoms with Gasteiger partial charge in [-0.2, -0.15) is 0 Å². The number of hydrogen-bond acceptors (Lipinski definition) is 6. The SMILES string of the molecule is CC(C)CC(C(=O)NN(CCCCN)Cc1ccccc1)[C@@H](CCCc1ccccc1)C(=O)NO[C@H]1CCCCO1. The quantitative estimate of drug-likeness (QED) is 0.171. The second kappa shape index (κ2) is 18.6. The molecule has 0 aliphatic carbocycles. The summed E-state index contributed by atoms with van der Waals surface area (Å²) in [5, 5.41) is 1.96. The Kier molecular flexibility index (Phi) is 14.9. The zero-order chi connectivity index (χ0) is 29.3. The van der Waals surface area contributed by atoms with Crippen LogP contribution >= 0.6 is 0 Å². The first-order valence-corrected chi connectivity index (χ1v) is 15.4. The molecule has 1 heterocycles. The molecule has 0 spiro atoms. The number of carbonyl (C=O) groups excluding carboxylic acids is 2. The molecule has 0 bridgehead atoms. The predicted molar refractivity (Wildman–Crippen MR) is 162 cm³/mol. The summed E-state index contributed by atoms with van der Waals surface area (Å²) in [5.74, 6) is -1.19. The van der Waals surface area contributed by atoms with E-state index in [1.54, 1.807) is 0 Å². The number of ether oxygens (including phenoxy) is 1. The first-order valence-electron chi connectivity index (χ1n) is 15.4. The lowest BCUT2D eigenvalue weighted by molar-refractivity contribution is -0.203. The van der Waals surface area contributed by atoms with Gasteiger partial charge in [-0.15, -0.1) is 0 Å². The zero-order valence-electron chi connectivity index (χ0n) is 24.9. The average Bonchev–Trinajstić information content (AvgIpc) is 2.98. The van der Waals surface area contributed by atoms with Gasteiger partial charge in [-0.3, -0.25) is 15.0 Å². The highest BCUT2D eigenvalue weighted by atomic mass is 16.8. The molecule has 1 aliphatic rings. The van der Waals surface area contributed by atoms with Crippen molar-refractivity contribution in [3.05, 3.63) is 71.8 Å². The highest BCUT2D eigenvalue weighted by molar-refractivity contribution is 5.87.